The number of amides is 1. The van der Waals surface area contributed by atoms with Crippen LogP contribution in [0.2, 0.25) is 0 Å². The van der Waals surface area contributed by atoms with Crippen LogP contribution in [0.3, 0.4) is 0 Å². The first-order valence-corrected chi connectivity index (χ1v) is 10.6. The summed E-state index contributed by atoms with van der Waals surface area (Å²) >= 11 is 0. The Morgan fingerprint density at radius 2 is 1.66 bits per heavy atom. The Kier molecular flexibility index (Phi) is 4.26. The maximum absolute atomic E-state index is 12.8. The quantitative estimate of drug-likeness (QED) is 0.559. The second-order valence-electron chi connectivity index (χ2n) is 9.44. The van der Waals surface area contributed by atoms with Gasteiger partial charge in [-0.15, -0.1) is 0 Å². The number of nitro benzene ring substituents is 1. The molecule has 1 aromatic carbocycles. The highest BCUT2D eigenvalue weighted by Gasteiger charge is 2.53. The first kappa shape index (κ1) is 18.4. The van der Waals surface area contributed by atoms with Crippen LogP contribution < -0.4 is 5.32 Å². The van der Waals surface area contributed by atoms with Crippen molar-refractivity contribution < 1.29 is 14.1 Å². The van der Waals surface area contributed by atoms with Crippen molar-refractivity contribution in [2.45, 2.75) is 51.5 Å². The van der Waals surface area contributed by atoms with E-state index in [1.54, 1.807) is 24.3 Å². The summed E-state index contributed by atoms with van der Waals surface area (Å²) in [6.45, 7) is 2.16. The summed E-state index contributed by atoms with van der Waals surface area (Å²) in [4.78, 5) is 23.2. The van der Waals surface area contributed by atoms with E-state index < -0.39 is 4.92 Å². The second kappa shape index (κ2) is 6.71. The maximum Gasteiger partial charge on any atom is 0.287 e. The lowest BCUT2D eigenvalue weighted by Crippen LogP contribution is -2.55. The van der Waals surface area contributed by atoms with Gasteiger partial charge in [-0.25, -0.2) is 0 Å². The van der Waals surface area contributed by atoms with Gasteiger partial charge >= 0.3 is 0 Å². The third-order valence-electron chi connectivity index (χ3n) is 7.54. The lowest BCUT2D eigenvalue weighted by Gasteiger charge is -2.59. The average molecular weight is 394 g/mol. The topological polar surface area (TPSA) is 85.4 Å². The molecule has 1 amide bonds. The number of nitro groups is 1. The molecule has 4 saturated carbocycles. The van der Waals surface area contributed by atoms with Gasteiger partial charge in [-0.2, -0.15) is 0 Å². The fourth-order valence-corrected chi connectivity index (χ4v) is 6.49. The maximum atomic E-state index is 12.8. The fraction of sp³-hybridized carbons (Fsp3) is 0.522. The summed E-state index contributed by atoms with van der Waals surface area (Å²) in [6, 6.07) is 9.70. The Hall–Kier alpha value is -2.63. The van der Waals surface area contributed by atoms with Gasteiger partial charge in [0.25, 0.3) is 11.6 Å². The smallest absolute Gasteiger partial charge is 0.287 e. The summed E-state index contributed by atoms with van der Waals surface area (Å²) in [6.07, 6.45) is 7.88. The third kappa shape index (κ3) is 3.24. The Morgan fingerprint density at radius 3 is 2.21 bits per heavy atom. The van der Waals surface area contributed by atoms with Crippen molar-refractivity contribution in [2.24, 2.45) is 23.2 Å². The van der Waals surface area contributed by atoms with E-state index in [0.29, 0.717) is 11.3 Å². The molecule has 0 unspecified atom stereocenters. The van der Waals surface area contributed by atoms with Gasteiger partial charge in [0.05, 0.1) is 4.92 Å². The lowest BCUT2D eigenvalue weighted by molar-refractivity contribution is -0.384. The van der Waals surface area contributed by atoms with E-state index in [4.69, 9.17) is 4.42 Å². The van der Waals surface area contributed by atoms with Crippen molar-refractivity contribution in [1.29, 1.82) is 0 Å². The highest BCUT2D eigenvalue weighted by molar-refractivity contribution is 5.92. The average Bonchev–Trinajstić information content (AvgIpc) is 3.17. The number of non-ortho nitro benzene ring substituents is 1. The van der Waals surface area contributed by atoms with E-state index in [0.717, 1.165) is 17.8 Å². The minimum absolute atomic E-state index is 0.0303. The molecule has 0 saturated heterocycles. The molecule has 4 aliphatic carbocycles. The minimum atomic E-state index is -0.434. The first-order chi connectivity index (χ1) is 13.9. The predicted molar refractivity (Wildman–Crippen MR) is 108 cm³/mol. The molecule has 29 heavy (non-hydrogen) atoms. The summed E-state index contributed by atoms with van der Waals surface area (Å²) in [5.41, 5.74) is 0.990. The summed E-state index contributed by atoms with van der Waals surface area (Å²) < 4.78 is 5.77. The molecule has 1 atom stereocenters. The molecule has 4 bridgehead atoms. The zero-order valence-corrected chi connectivity index (χ0v) is 16.6. The van der Waals surface area contributed by atoms with Gasteiger partial charge in [0.15, 0.2) is 5.76 Å². The summed E-state index contributed by atoms with van der Waals surface area (Å²) in [7, 11) is 0. The van der Waals surface area contributed by atoms with Crippen molar-refractivity contribution in [3.05, 3.63) is 52.3 Å². The van der Waals surface area contributed by atoms with Crippen LogP contribution in [0.1, 0.15) is 56.0 Å². The van der Waals surface area contributed by atoms with Gasteiger partial charge in [-0.3, -0.25) is 14.9 Å². The van der Waals surface area contributed by atoms with Crippen LogP contribution in [0.4, 0.5) is 5.69 Å². The predicted octanol–water partition coefficient (Wildman–Crippen LogP) is 5.19. The Morgan fingerprint density at radius 1 is 1.07 bits per heavy atom. The standard InChI is InChI=1S/C23H26N2O4/c1-14(23-11-15-8-16(12-23)10-17(9-15)13-23)24-22(26)21-7-6-20(29-21)18-2-4-19(5-3-18)25(27)28/h2-7,14-17H,8-13H2,1H3,(H,24,26)/t14-,15?,16?,17?,23?/m1/s1. The van der Waals surface area contributed by atoms with Gasteiger partial charge < -0.3 is 9.73 Å². The number of hydrogen-bond donors (Lipinski definition) is 1. The molecular formula is C23H26N2O4. The Bertz CT molecular complexity index is 911. The number of furan rings is 1. The molecule has 4 aliphatic rings. The normalized spacial score (nSPS) is 30.9. The van der Waals surface area contributed by atoms with Gasteiger partial charge in [0, 0.05) is 23.7 Å². The number of nitrogens with zero attached hydrogens (tertiary/aromatic N) is 1. The van der Waals surface area contributed by atoms with E-state index in [1.165, 1.54) is 50.7 Å². The molecule has 2 aromatic rings. The van der Waals surface area contributed by atoms with Crippen LogP contribution in [-0.2, 0) is 0 Å². The molecule has 4 fully saturated rings. The molecule has 6 rings (SSSR count). The van der Waals surface area contributed by atoms with Crippen LogP contribution in [0.15, 0.2) is 40.8 Å². The second-order valence-corrected chi connectivity index (χ2v) is 9.44. The summed E-state index contributed by atoms with van der Waals surface area (Å²) in [5.74, 6) is 3.18. The van der Waals surface area contributed by atoms with Crippen molar-refractivity contribution in [1.82, 2.24) is 5.32 Å². The SMILES string of the molecule is C[C@@H](NC(=O)c1ccc(-c2ccc([N+](=O)[O-])cc2)o1)C12CC3CC(CC(C3)C1)C2. The van der Waals surface area contributed by atoms with Gasteiger partial charge in [-0.1, -0.05) is 0 Å². The Labute approximate surface area is 169 Å². The number of rotatable bonds is 5. The first-order valence-electron chi connectivity index (χ1n) is 10.6. The van der Waals surface area contributed by atoms with Crippen molar-refractivity contribution in [2.75, 3.05) is 0 Å². The molecule has 6 nitrogen and oxygen atoms in total. The highest BCUT2D eigenvalue weighted by Crippen LogP contribution is 2.61. The third-order valence-corrected chi connectivity index (χ3v) is 7.54. The lowest BCUT2D eigenvalue weighted by atomic mass is 9.48. The van der Waals surface area contributed by atoms with E-state index >= 15 is 0 Å². The molecular weight excluding hydrogens is 368 g/mol. The molecule has 1 heterocycles. The number of carbonyl (C=O) groups excluding carboxylic acids is 1. The van der Waals surface area contributed by atoms with Crippen molar-refractivity contribution in [3.63, 3.8) is 0 Å². The van der Waals surface area contributed by atoms with E-state index in [1.807, 2.05) is 0 Å². The van der Waals surface area contributed by atoms with Crippen LogP contribution in [0.25, 0.3) is 11.3 Å². The number of hydrogen-bond acceptors (Lipinski definition) is 4. The molecule has 0 radical (unpaired) electrons. The fourth-order valence-electron chi connectivity index (χ4n) is 6.49. The van der Waals surface area contributed by atoms with Crippen LogP contribution in [-0.4, -0.2) is 16.9 Å². The monoisotopic (exact) mass is 394 g/mol. The number of carbonyl (C=O) groups is 1. The molecule has 0 spiro atoms. The molecule has 1 aromatic heterocycles. The minimum Gasteiger partial charge on any atom is -0.451 e. The Balaban J connectivity index is 1.29. The van der Waals surface area contributed by atoms with Gasteiger partial charge in [-0.05, 0) is 92.9 Å². The molecule has 0 aliphatic heterocycles. The van der Waals surface area contributed by atoms with Crippen LogP contribution in [0.5, 0.6) is 0 Å². The van der Waals surface area contributed by atoms with Crippen LogP contribution in [0, 0.1) is 33.3 Å². The van der Waals surface area contributed by atoms with E-state index in [9.17, 15) is 14.9 Å². The van der Waals surface area contributed by atoms with E-state index in [2.05, 4.69) is 12.2 Å². The van der Waals surface area contributed by atoms with Crippen molar-refractivity contribution in [3.8, 4) is 11.3 Å². The molecule has 1 N–H and O–H groups in total. The van der Waals surface area contributed by atoms with Crippen LogP contribution >= 0.6 is 0 Å². The number of benzene rings is 1. The summed E-state index contributed by atoms with van der Waals surface area (Å²) in [5, 5.41) is 14.0. The van der Waals surface area contributed by atoms with Gasteiger partial charge in [0.1, 0.15) is 5.76 Å². The molecule has 152 valence electrons. The zero-order chi connectivity index (χ0) is 20.2. The van der Waals surface area contributed by atoms with Crippen molar-refractivity contribution >= 4 is 11.6 Å². The van der Waals surface area contributed by atoms with E-state index in [-0.39, 0.29) is 28.8 Å². The zero-order valence-electron chi connectivity index (χ0n) is 16.6. The van der Waals surface area contributed by atoms with Gasteiger partial charge in [0.2, 0.25) is 0 Å². The molecule has 6 heteroatoms. The highest BCUT2D eigenvalue weighted by atomic mass is 16.6. The number of nitrogens with one attached hydrogen (secondary N) is 1. The largest absolute Gasteiger partial charge is 0.451 e.